The minimum Gasteiger partial charge on any atom is -0.311 e. The number of aromatic nitrogens is 4. The summed E-state index contributed by atoms with van der Waals surface area (Å²) in [7, 11) is 0. The van der Waals surface area contributed by atoms with Gasteiger partial charge in [-0.25, -0.2) is 15.0 Å². The highest BCUT2D eigenvalue weighted by Crippen LogP contribution is 2.52. The van der Waals surface area contributed by atoms with Gasteiger partial charge in [0.1, 0.15) is 17.1 Å². The van der Waals surface area contributed by atoms with Gasteiger partial charge in [-0.1, -0.05) is 0 Å². The van der Waals surface area contributed by atoms with Gasteiger partial charge in [0.05, 0.1) is 17.3 Å². The van der Waals surface area contributed by atoms with Crippen molar-refractivity contribution in [1.82, 2.24) is 19.5 Å². The molecule has 0 bridgehead atoms. The molecule has 2 fully saturated rings. The number of rotatable bonds is 5. The van der Waals surface area contributed by atoms with Crippen molar-refractivity contribution in [2.75, 3.05) is 16.8 Å². The van der Waals surface area contributed by atoms with Crippen LogP contribution in [-0.2, 0) is 15.5 Å². The number of carbonyl (C=O) groups excluding carboxylic acids is 2. The molecule has 2 amide bonds. The van der Waals surface area contributed by atoms with Crippen LogP contribution >= 0.6 is 0 Å². The summed E-state index contributed by atoms with van der Waals surface area (Å²) in [6, 6.07) is 5.33. The molecule has 1 saturated carbocycles. The quantitative estimate of drug-likeness (QED) is 0.616. The molecule has 0 spiro atoms. The predicted molar refractivity (Wildman–Crippen MR) is 118 cm³/mol. The van der Waals surface area contributed by atoms with Gasteiger partial charge >= 0.3 is 5.92 Å². The molecule has 1 atom stereocenters. The van der Waals surface area contributed by atoms with Crippen LogP contribution in [0.25, 0.3) is 16.7 Å². The second-order valence-electron chi connectivity index (χ2n) is 8.84. The molecule has 0 aromatic carbocycles. The number of anilines is 2. The van der Waals surface area contributed by atoms with E-state index in [9.17, 15) is 23.6 Å². The molecule has 11 heteroatoms. The van der Waals surface area contributed by atoms with E-state index in [-0.39, 0.29) is 29.4 Å². The fourth-order valence-electron chi connectivity index (χ4n) is 4.57. The molecule has 4 heterocycles. The number of carbonyl (C=O) groups is 2. The van der Waals surface area contributed by atoms with Crippen LogP contribution in [0.1, 0.15) is 38.9 Å². The van der Waals surface area contributed by atoms with Crippen LogP contribution in [-0.4, -0.2) is 37.9 Å². The van der Waals surface area contributed by atoms with Crippen LogP contribution in [0, 0.1) is 22.7 Å². The summed E-state index contributed by atoms with van der Waals surface area (Å²) in [5.41, 5.74) is -0.0285. The second-order valence-corrected chi connectivity index (χ2v) is 8.84. The number of nitrogens with one attached hydrogen (secondary N) is 1. The van der Waals surface area contributed by atoms with Crippen molar-refractivity contribution in [2.45, 2.75) is 39.0 Å². The lowest BCUT2D eigenvalue weighted by molar-refractivity contribution is -0.123. The van der Waals surface area contributed by atoms with Gasteiger partial charge in [0, 0.05) is 50.4 Å². The first-order valence-electron chi connectivity index (χ1n) is 10.9. The van der Waals surface area contributed by atoms with E-state index in [0.29, 0.717) is 36.5 Å². The number of fused-ring (bicyclic) bond motifs is 1. The lowest BCUT2D eigenvalue weighted by Crippen LogP contribution is -2.35. The lowest BCUT2D eigenvalue weighted by atomic mass is 9.83. The van der Waals surface area contributed by atoms with Gasteiger partial charge in [-0.05, 0) is 31.2 Å². The van der Waals surface area contributed by atoms with E-state index in [2.05, 4.69) is 26.3 Å². The van der Waals surface area contributed by atoms with Crippen LogP contribution in [0.3, 0.4) is 0 Å². The van der Waals surface area contributed by atoms with Crippen LogP contribution in [0.4, 0.5) is 20.3 Å². The molecule has 0 radical (unpaired) electrons. The monoisotopic (exact) mass is 465 g/mol. The van der Waals surface area contributed by atoms with Gasteiger partial charge in [0.2, 0.25) is 17.6 Å². The SMILES string of the molecule is CC(=O)Nc1cc2c(cn1)c(N1CCC(C#N)(C3CC3)C1=O)cn2-c1ccnc(C(C)(F)F)n1. The molecule has 1 aliphatic heterocycles. The van der Waals surface area contributed by atoms with Crippen molar-refractivity contribution in [3.63, 3.8) is 0 Å². The number of halogens is 2. The Balaban J connectivity index is 1.67. The number of amides is 2. The molecule has 2 aliphatic rings. The summed E-state index contributed by atoms with van der Waals surface area (Å²) in [5.74, 6) is -3.97. The zero-order chi connectivity index (χ0) is 24.3. The summed E-state index contributed by atoms with van der Waals surface area (Å²) in [5, 5.41) is 13.0. The van der Waals surface area contributed by atoms with Gasteiger partial charge in [-0.15, -0.1) is 0 Å². The zero-order valence-corrected chi connectivity index (χ0v) is 18.5. The summed E-state index contributed by atoms with van der Waals surface area (Å²) >= 11 is 0. The average Bonchev–Trinajstić information content (AvgIpc) is 3.50. The van der Waals surface area contributed by atoms with E-state index >= 15 is 0 Å². The van der Waals surface area contributed by atoms with Crippen molar-refractivity contribution in [1.29, 1.82) is 5.26 Å². The fraction of sp³-hybridized carbons (Fsp3) is 0.391. The smallest absolute Gasteiger partial charge is 0.303 e. The van der Waals surface area contributed by atoms with Gasteiger partial charge in [-0.2, -0.15) is 14.0 Å². The van der Waals surface area contributed by atoms with Crippen LogP contribution in [0.15, 0.2) is 30.7 Å². The van der Waals surface area contributed by atoms with Crippen molar-refractivity contribution in [2.24, 2.45) is 11.3 Å². The molecule has 1 N–H and O–H groups in total. The molecule has 3 aromatic heterocycles. The Bertz CT molecular complexity index is 1370. The largest absolute Gasteiger partial charge is 0.311 e. The second kappa shape index (κ2) is 7.55. The fourth-order valence-corrected chi connectivity index (χ4v) is 4.57. The molecule has 1 aliphatic carbocycles. The van der Waals surface area contributed by atoms with Crippen molar-refractivity contribution >= 4 is 34.2 Å². The molecule has 1 saturated heterocycles. The highest BCUT2D eigenvalue weighted by atomic mass is 19.3. The normalized spacial score (nSPS) is 20.6. The van der Waals surface area contributed by atoms with Crippen molar-refractivity contribution in [3.05, 3.63) is 36.5 Å². The third-order valence-electron chi connectivity index (χ3n) is 6.37. The highest BCUT2D eigenvalue weighted by Gasteiger charge is 2.57. The maximum Gasteiger partial charge on any atom is 0.303 e. The molecule has 9 nitrogen and oxygen atoms in total. The van der Waals surface area contributed by atoms with Gasteiger partial charge < -0.3 is 10.2 Å². The molecule has 1 unspecified atom stereocenters. The summed E-state index contributed by atoms with van der Waals surface area (Å²) in [6.45, 7) is 2.42. The van der Waals surface area contributed by atoms with E-state index in [1.54, 1.807) is 21.7 Å². The molecule has 3 aromatic rings. The van der Waals surface area contributed by atoms with Crippen LogP contribution in [0.5, 0.6) is 0 Å². The van der Waals surface area contributed by atoms with E-state index < -0.39 is 17.2 Å². The Hall–Kier alpha value is -3.94. The molecule has 34 heavy (non-hydrogen) atoms. The topological polar surface area (TPSA) is 117 Å². The predicted octanol–water partition coefficient (Wildman–Crippen LogP) is 3.54. The number of pyridine rings is 1. The minimum absolute atomic E-state index is 0.0593. The Kier molecular flexibility index (Phi) is 4.86. The van der Waals surface area contributed by atoms with Gasteiger partial charge in [-0.3, -0.25) is 14.2 Å². The third kappa shape index (κ3) is 3.46. The van der Waals surface area contributed by atoms with E-state index in [4.69, 9.17) is 0 Å². The average molecular weight is 465 g/mol. The maximum atomic E-state index is 13.9. The highest BCUT2D eigenvalue weighted by molar-refractivity contribution is 6.09. The number of hydrogen-bond donors (Lipinski definition) is 1. The Morgan fingerprint density at radius 2 is 2.12 bits per heavy atom. The maximum absolute atomic E-state index is 13.9. The molecule has 174 valence electrons. The van der Waals surface area contributed by atoms with E-state index in [0.717, 1.165) is 12.8 Å². The van der Waals surface area contributed by atoms with Crippen LogP contribution in [0.2, 0.25) is 0 Å². The van der Waals surface area contributed by atoms with Crippen molar-refractivity contribution < 1.29 is 18.4 Å². The van der Waals surface area contributed by atoms with Crippen LogP contribution < -0.4 is 10.2 Å². The zero-order valence-electron chi connectivity index (χ0n) is 18.5. The summed E-state index contributed by atoms with van der Waals surface area (Å²) in [6.07, 6.45) is 6.51. The number of nitriles is 1. The van der Waals surface area contributed by atoms with Crippen molar-refractivity contribution in [3.8, 4) is 11.9 Å². The molecular formula is C23H21F2N7O2. The third-order valence-corrected chi connectivity index (χ3v) is 6.37. The first kappa shape index (κ1) is 21.9. The van der Waals surface area contributed by atoms with E-state index in [1.165, 1.54) is 25.4 Å². The van der Waals surface area contributed by atoms with E-state index in [1.807, 2.05) is 0 Å². The van der Waals surface area contributed by atoms with Gasteiger partial charge in [0.15, 0.2) is 0 Å². The summed E-state index contributed by atoms with van der Waals surface area (Å²) < 4.78 is 29.4. The Morgan fingerprint density at radius 3 is 2.76 bits per heavy atom. The first-order valence-corrected chi connectivity index (χ1v) is 10.9. The number of hydrogen-bond acceptors (Lipinski definition) is 6. The molecular weight excluding hydrogens is 444 g/mol. The Morgan fingerprint density at radius 1 is 1.35 bits per heavy atom. The summed E-state index contributed by atoms with van der Waals surface area (Å²) in [4.78, 5) is 38.5. The van der Waals surface area contributed by atoms with Gasteiger partial charge in [0.25, 0.3) is 0 Å². The Labute approximate surface area is 193 Å². The standard InChI is InChI=1S/C23H21F2N7O2/c1-13(33)29-18-9-16-15(10-28-18)17(31-8-6-23(12-26,21(31)34)14-3-4-14)11-32(16)19-5-7-27-20(30-19)22(2,24)25/h5,7,9-11,14H,3-4,6,8H2,1-2H3,(H,28,29,33). The number of alkyl halides is 2. The minimum atomic E-state index is -3.24. The number of nitrogens with zero attached hydrogens (tertiary/aromatic N) is 6. The lowest BCUT2D eigenvalue weighted by Gasteiger charge is -2.20. The first-order chi connectivity index (χ1) is 16.1. The molecule has 5 rings (SSSR count).